The van der Waals surface area contributed by atoms with E-state index in [2.05, 4.69) is 5.32 Å². The van der Waals surface area contributed by atoms with Gasteiger partial charge in [-0.3, -0.25) is 9.59 Å². The molecular formula is C29H42N2O4. The van der Waals surface area contributed by atoms with Crippen LogP contribution in [0.1, 0.15) is 84.7 Å². The van der Waals surface area contributed by atoms with Crippen molar-refractivity contribution in [2.75, 3.05) is 13.1 Å². The van der Waals surface area contributed by atoms with E-state index in [-0.39, 0.29) is 11.8 Å². The number of rotatable bonds is 14. The Balaban J connectivity index is 2.28. The Labute approximate surface area is 210 Å². The van der Waals surface area contributed by atoms with E-state index in [1.54, 1.807) is 12.1 Å². The number of nitrogens with zero attached hydrogens (tertiary/aromatic N) is 1. The van der Waals surface area contributed by atoms with E-state index in [1.165, 1.54) is 0 Å². The first-order chi connectivity index (χ1) is 16.8. The number of carbonyl (C=O) groups is 2. The van der Waals surface area contributed by atoms with Crippen LogP contribution in [0.25, 0.3) is 0 Å². The number of hydrogen-bond acceptors (Lipinski definition) is 4. The summed E-state index contributed by atoms with van der Waals surface area (Å²) in [7, 11) is 0. The third kappa shape index (κ3) is 8.79. The quantitative estimate of drug-likeness (QED) is 0.370. The molecule has 0 spiro atoms. The fraction of sp³-hybridized carbons (Fsp3) is 0.517. The molecule has 0 fully saturated rings. The van der Waals surface area contributed by atoms with Gasteiger partial charge in [0.2, 0.25) is 0 Å². The highest BCUT2D eigenvalue weighted by atomic mass is 16.3. The molecule has 2 rings (SSSR count). The van der Waals surface area contributed by atoms with Crippen molar-refractivity contribution in [3.63, 3.8) is 0 Å². The van der Waals surface area contributed by atoms with Crippen LogP contribution < -0.4 is 5.32 Å². The molecule has 0 aliphatic heterocycles. The molecule has 3 atom stereocenters. The van der Waals surface area contributed by atoms with Gasteiger partial charge in [-0.05, 0) is 61.9 Å². The number of amides is 2. The number of nitrogens with one attached hydrogen (secondary N) is 1. The van der Waals surface area contributed by atoms with Gasteiger partial charge in [-0.1, -0.05) is 63.9 Å². The second kappa shape index (κ2) is 14.6. The van der Waals surface area contributed by atoms with Crippen LogP contribution >= 0.6 is 0 Å². The summed E-state index contributed by atoms with van der Waals surface area (Å²) >= 11 is 0. The smallest absolute Gasteiger partial charge is 0.253 e. The molecular weight excluding hydrogens is 440 g/mol. The fourth-order valence-electron chi connectivity index (χ4n) is 4.30. The Bertz CT molecular complexity index is 926. The summed E-state index contributed by atoms with van der Waals surface area (Å²) in [5.74, 6) is -0.453. The Kier molecular flexibility index (Phi) is 11.9. The molecule has 6 nitrogen and oxygen atoms in total. The van der Waals surface area contributed by atoms with Gasteiger partial charge in [-0.25, -0.2) is 0 Å². The van der Waals surface area contributed by atoms with E-state index < -0.39 is 18.2 Å². The van der Waals surface area contributed by atoms with Gasteiger partial charge < -0.3 is 20.4 Å². The highest BCUT2D eigenvalue weighted by Crippen LogP contribution is 2.17. The Morgan fingerprint density at radius 3 is 2.14 bits per heavy atom. The first-order valence-electron chi connectivity index (χ1n) is 12.9. The van der Waals surface area contributed by atoms with Gasteiger partial charge in [-0.15, -0.1) is 0 Å². The summed E-state index contributed by atoms with van der Waals surface area (Å²) in [5.41, 5.74) is 2.63. The average molecular weight is 483 g/mol. The second-order valence-electron chi connectivity index (χ2n) is 9.35. The van der Waals surface area contributed by atoms with Crippen LogP contribution in [-0.4, -0.2) is 58.3 Å². The largest absolute Gasteiger partial charge is 0.390 e. The molecule has 0 bridgehead atoms. The van der Waals surface area contributed by atoms with Crippen LogP contribution in [0.3, 0.4) is 0 Å². The van der Waals surface area contributed by atoms with Crippen LogP contribution in [0.5, 0.6) is 0 Å². The highest BCUT2D eigenvalue weighted by molar-refractivity contribution is 6.00. The third-order valence-corrected chi connectivity index (χ3v) is 6.14. The summed E-state index contributed by atoms with van der Waals surface area (Å²) in [6.45, 7) is 9.31. The average Bonchev–Trinajstić information content (AvgIpc) is 2.86. The summed E-state index contributed by atoms with van der Waals surface area (Å²) in [5, 5.41) is 24.4. The van der Waals surface area contributed by atoms with Gasteiger partial charge in [0, 0.05) is 24.2 Å². The lowest BCUT2D eigenvalue weighted by Crippen LogP contribution is -2.49. The fourth-order valence-corrected chi connectivity index (χ4v) is 4.30. The van der Waals surface area contributed by atoms with Gasteiger partial charge in [0.15, 0.2) is 0 Å². The van der Waals surface area contributed by atoms with Gasteiger partial charge in [0.05, 0.1) is 12.1 Å². The highest BCUT2D eigenvalue weighted by Gasteiger charge is 2.28. The normalized spacial score (nSPS) is 13.7. The maximum atomic E-state index is 13.3. The molecule has 0 saturated carbocycles. The minimum Gasteiger partial charge on any atom is -0.390 e. The van der Waals surface area contributed by atoms with Crippen LogP contribution in [0.2, 0.25) is 0 Å². The van der Waals surface area contributed by atoms with E-state index in [9.17, 15) is 19.8 Å². The second-order valence-corrected chi connectivity index (χ2v) is 9.35. The van der Waals surface area contributed by atoms with Crippen molar-refractivity contribution in [2.24, 2.45) is 0 Å². The zero-order valence-corrected chi connectivity index (χ0v) is 21.7. The van der Waals surface area contributed by atoms with E-state index >= 15 is 0 Å². The van der Waals surface area contributed by atoms with Crippen molar-refractivity contribution in [3.8, 4) is 0 Å². The number of aliphatic hydroxyl groups is 2. The lowest BCUT2D eigenvalue weighted by molar-refractivity contribution is -0.00813. The molecule has 35 heavy (non-hydrogen) atoms. The molecule has 3 N–H and O–H groups in total. The zero-order valence-electron chi connectivity index (χ0n) is 21.7. The molecule has 6 heteroatoms. The number of benzene rings is 2. The van der Waals surface area contributed by atoms with Gasteiger partial charge in [0.25, 0.3) is 11.8 Å². The zero-order chi connectivity index (χ0) is 25.8. The lowest BCUT2D eigenvalue weighted by atomic mass is 9.94. The summed E-state index contributed by atoms with van der Waals surface area (Å²) in [6.07, 6.45) is 2.24. The maximum Gasteiger partial charge on any atom is 0.253 e. The first kappa shape index (κ1) is 28.5. The summed E-state index contributed by atoms with van der Waals surface area (Å²) < 4.78 is 0. The molecule has 0 aromatic heterocycles. The standard InChI is InChI=1S/C29H42N2O4/c1-5-8-14-26(32)27(33)25(19-22-12-10-9-11-13-22)30-28(34)23-17-21(4)18-24(20-23)29(35)31(15-6-2)16-7-3/h9-13,17-18,20,25-27,32-33H,5-8,14-16,19H2,1-4H3,(H,30,34). The van der Waals surface area contributed by atoms with Crippen LogP contribution in [0.4, 0.5) is 0 Å². The van der Waals surface area contributed by atoms with Crippen molar-refractivity contribution in [2.45, 2.75) is 84.5 Å². The van der Waals surface area contributed by atoms with Crippen molar-refractivity contribution in [3.05, 3.63) is 70.8 Å². The lowest BCUT2D eigenvalue weighted by Gasteiger charge is -2.28. The monoisotopic (exact) mass is 482 g/mol. The molecule has 0 aliphatic carbocycles. The van der Waals surface area contributed by atoms with Gasteiger partial charge in [0.1, 0.15) is 6.10 Å². The van der Waals surface area contributed by atoms with E-state index in [4.69, 9.17) is 0 Å². The molecule has 0 saturated heterocycles. The molecule has 0 heterocycles. The predicted octanol–water partition coefficient (Wildman–Crippen LogP) is 4.51. The van der Waals surface area contributed by atoms with Crippen LogP contribution in [0.15, 0.2) is 48.5 Å². The Morgan fingerprint density at radius 2 is 1.54 bits per heavy atom. The van der Waals surface area contributed by atoms with Crippen LogP contribution in [0, 0.1) is 6.92 Å². The van der Waals surface area contributed by atoms with Crippen molar-refractivity contribution >= 4 is 11.8 Å². The minimum absolute atomic E-state index is 0.0812. The van der Waals surface area contributed by atoms with Crippen molar-refractivity contribution in [1.82, 2.24) is 10.2 Å². The number of aryl methyl sites for hydroxylation is 1. The summed E-state index contributed by atoms with van der Waals surface area (Å²) in [6, 6.07) is 14.1. The van der Waals surface area contributed by atoms with E-state index in [1.807, 2.05) is 69.0 Å². The third-order valence-electron chi connectivity index (χ3n) is 6.14. The topological polar surface area (TPSA) is 89.9 Å². The van der Waals surface area contributed by atoms with E-state index in [0.717, 1.165) is 36.8 Å². The molecule has 0 radical (unpaired) electrons. The minimum atomic E-state index is -1.11. The van der Waals surface area contributed by atoms with Gasteiger partial charge in [-0.2, -0.15) is 0 Å². The van der Waals surface area contributed by atoms with Crippen molar-refractivity contribution in [1.29, 1.82) is 0 Å². The van der Waals surface area contributed by atoms with E-state index in [0.29, 0.717) is 37.1 Å². The first-order valence-corrected chi connectivity index (χ1v) is 12.9. The SMILES string of the molecule is CCCCC(O)C(O)C(Cc1ccccc1)NC(=O)c1cc(C)cc(C(=O)N(CCC)CCC)c1. The number of aliphatic hydroxyl groups excluding tert-OH is 2. The number of hydrogen-bond donors (Lipinski definition) is 3. The molecule has 2 aromatic rings. The number of carbonyl (C=O) groups excluding carboxylic acids is 2. The molecule has 3 unspecified atom stereocenters. The molecule has 0 aliphatic rings. The van der Waals surface area contributed by atoms with Crippen molar-refractivity contribution < 1.29 is 19.8 Å². The Hall–Kier alpha value is -2.70. The maximum absolute atomic E-state index is 13.3. The van der Waals surface area contributed by atoms with Gasteiger partial charge >= 0.3 is 0 Å². The predicted molar refractivity (Wildman–Crippen MR) is 141 cm³/mol. The molecule has 192 valence electrons. The molecule has 2 aromatic carbocycles. The molecule has 2 amide bonds. The number of unbranched alkanes of at least 4 members (excludes halogenated alkanes) is 1. The Morgan fingerprint density at radius 1 is 0.914 bits per heavy atom. The van der Waals surface area contributed by atoms with Crippen LogP contribution in [-0.2, 0) is 6.42 Å². The summed E-state index contributed by atoms with van der Waals surface area (Å²) in [4.78, 5) is 28.3.